The number of nitrogen functional groups attached to an aromatic ring is 1. The molecular formula is C64H85Cl3N30S3. The molecule has 0 saturated heterocycles. The Morgan fingerprint density at radius 1 is 0.290 bits per heavy atom. The lowest BCUT2D eigenvalue weighted by atomic mass is 10.2. The molecule has 0 aliphatic heterocycles. The van der Waals surface area contributed by atoms with Crippen molar-refractivity contribution in [3.8, 4) is 0 Å². The average molecular weight is 1480 g/mol. The summed E-state index contributed by atoms with van der Waals surface area (Å²) in [5.74, 6) is 9.65. The van der Waals surface area contributed by atoms with Gasteiger partial charge in [0.05, 0.1) is 0 Å². The van der Waals surface area contributed by atoms with Crippen LogP contribution in [0.4, 0.5) is 53.5 Å². The molecular weight excluding hydrogens is 1390 g/mol. The van der Waals surface area contributed by atoms with Crippen LogP contribution in [-0.2, 0) is 55.8 Å². The van der Waals surface area contributed by atoms with Crippen molar-refractivity contribution >= 4 is 124 Å². The van der Waals surface area contributed by atoms with E-state index in [0.29, 0.717) is 261 Å². The number of hydrogen-bond acceptors (Lipinski definition) is 33. The molecule has 0 radical (unpaired) electrons. The minimum Gasteiger partial charge on any atom is -0.368 e. The van der Waals surface area contributed by atoms with Gasteiger partial charge in [-0.3, -0.25) is 0 Å². The first-order valence-corrected chi connectivity index (χ1v) is 37.4. The standard InChI is InChI=1S/C64H85Cl3N30S3/c1-2-3-9-50-86-59(95-62(89-50)98-38-41-15-21-44(65)22-16-41)75-33-5-11-48-82-55(93-57(84-48)78-36-28-69)73-31-8-14-52-88-61(97-64(91-52)100-40-43-19-25-46(67)26-20-43)76-34-6-12-49-83-56(94-58(85-49)79-37-29-70)72-30-7-13-51-87-60(96-63(90-51)99-39-42-17-23-45(66)24-18-42)74-32-4-10-47-80-53(71)92-54(81-47)77-35-27-68/h15-26H,2-14,27-40,68-70H2,1H3,(H,74,87,90,96)(H,75,86,89,95)(H,76,88,91,97)(H3,71,77,80,81,92)(H2,72,79,83,85,94)(H2,73,78,82,84,93). The van der Waals surface area contributed by atoms with Crippen LogP contribution in [-0.4, -0.2) is 162 Å². The Labute approximate surface area is 609 Å². The van der Waals surface area contributed by atoms with Gasteiger partial charge in [0.2, 0.25) is 53.5 Å². The van der Waals surface area contributed by atoms with Crippen LogP contribution in [0, 0.1) is 0 Å². The zero-order valence-electron chi connectivity index (χ0n) is 55.7. The number of aromatic nitrogens is 18. The topological polar surface area (TPSA) is 432 Å². The van der Waals surface area contributed by atoms with Crippen molar-refractivity contribution in [2.75, 3.05) is 120 Å². The molecule has 30 nitrogen and oxygen atoms in total. The van der Waals surface area contributed by atoms with Crippen LogP contribution in [0.5, 0.6) is 0 Å². The van der Waals surface area contributed by atoms with Crippen molar-refractivity contribution in [3.05, 3.63) is 140 Å². The second kappa shape index (κ2) is 42.1. The molecule has 0 atom stereocenters. The molecule has 0 saturated carbocycles. The third-order valence-corrected chi connectivity index (χ3v) is 17.7. The number of rotatable bonds is 46. The third-order valence-electron chi connectivity index (χ3n) is 14.2. The number of halogens is 3. The van der Waals surface area contributed by atoms with E-state index in [4.69, 9.17) is 123 Å². The maximum atomic E-state index is 6.22. The molecule has 3 aromatic carbocycles. The monoisotopic (exact) mass is 1470 g/mol. The first-order valence-electron chi connectivity index (χ1n) is 33.3. The van der Waals surface area contributed by atoms with Crippen molar-refractivity contribution in [1.82, 2.24) is 89.7 Å². The van der Waals surface area contributed by atoms with E-state index in [1.807, 2.05) is 72.8 Å². The molecule has 100 heavy (non-hydrogen) atoms. The summed E-state index contributed by atoms with van der Waals surface area (Å²) in [5.41, 5.74) is 26.7. The zero-order chi connectivity index (χ0) is 69.9. The molecule has 36 heteroatoms. The molecule has 530 valence electrons. The molecule has 9 aromatic rings. The van der Waals surface area contributed by atoms with Crippen molar-refractivity contribution < 1.29 is 0 Å². The van der Waals surface area contributed by atoms with Gasteiger partial charge in [0.1, 0.15) is 34.9 Å². The first-order chi connectivity index (χ1) is 48.9. The van der Waals surface area contributed by atoms with Crippen LogP contribution in [0.3, 0.4) is 0 Å². The predicted octanol–water partition coefficient (Wildman–Crippen LogP) is 8.89. The van der Waals surface area contributed by atoms with E-state index in [-0.39, 0.29) is 5.95 Å². The summed E-state index contributed by atoms with van der Waals surface area (Å²) in [4.78, 5) is 84.5. The highest BCUT2D eigenvalue weighted by atomic mass is 35.5. The average Bonchev–Trinajstić information content (AvgIpc) is 0.907. The number of nitrogens with two attached hydrogens (primary N) is 4. The molecule has 6 heterocycles. The highest BCUT2D eigenvalue weighted by Gasteiger charge is 2.16. The second-order valence-corrected chi connectivity index (χ2v) is 26.6. The number of benzene rings is 3. The van der Waals surface area contributed by atoms with E-state index in [1.54, 1.807) is 11.8 Å². The molecule has 6 aromatic heterocycles. The van der Waals surface area contributed by atoms with Gasteiger partial charge in [-0.05, 0) is 91.6 Å². The molecule has 0 amide bonds. The summed E-state index contributed by atoms with van der Waals surface area (Å²) in [6, 6.07) is 23.3. The molecule has 0 spiro atoms. The summed E-state index contributed by atoms with van der Waals surface area (Å²) < 4.78 is 0. The van der Waals surface area contributed by atoms with Gasteiger partial charge in [-0.25, -0.2) is 15.0 Å². The molecule has 9 rings (SSSR count). The zero-order valence-corrected chi connectivity index (χ0v) is 60.5. The Balaban J connectivity index is 0.781. The Hall–Kier alpha value is -8.28. The lowest BCUT2D eigenvalue weighted by Crippen LogP contribution is -2.18. The Morgan fingerprint density at radius 2 is 0.530 bits per heavy atom. The van der Waals surface area contributed by atoms with E-state index in [0.717, 1.165) is 41.8 Å². The fourth-order valence-electron chi connectivity index (χ4n) is 9.28. The lowest BCUT2D eigenvalue weighted by molar-refractivity contribution is 0.717. The van der Waals surface area contributed by atoms with Gasteiger partial charge in [-0.2, -0.15) is 74.8 Å². The fourth-order valence-corrected chi connectivity index (χ4v) is 12.1. The molecule has 0 aliphatic carbocycles. The van der Waals surface area contributed by atoms with E-state index >= 15 is 0 Å². The van der Waals surface area contributed by atoms with Gasteiger partial charge in [-0.15, -0.1) is 0 Å². The lowest BCUT2D eigenvalue weighted by Gasteiger charge is -2.12. The number of thioether (sulfide) groups is 3. The maximum Gasteiger partial charge on any atom is 0.227 e. The molecule has 0 unspecified atom stereocenters. The van der Waals surface area contributed by atoms with Gasteiger partial charge < -0.3 is 65.5 Å². The van der Waals surface area contributed by atoms with Gasteiger partial charge in [0.15, 0.2) is 15.5 Å². The van der Waals surface area contributed by atoms with Gasteiger partial charge >= 0.3 is 0 Å². The number of nitrogens with one attached hydrogen (secondary N) is 8. The Kier molecular flexibility index (Phi) is 32.0. The smallest absolute Gasteiger partial charge is 0.227 e. The number of hydrogen-bond donors (Lipinski definition) is 12. The highest BCUT2D eigenvalue weighted by molar-refractivity contribution is 7.98. The molecule has 0 bridgehead atoms. The van der Waals surface area contributed by atoms with Gasteiger partial charge in [-0.1, -0.05) is 120 Å². The van der Waals surface area contributed by atoms with Crippen LogP contribution in [0.1, 0.15) is 104 Å². The second-order valence-electron chi connectivity index (χ2n) is 22.5. The number of anilines is 9. The Morgan fingerprint density at radius 3 is 0.810 bits per heavy atom. The number of unbranched alkanes of at least 4 members (excludes halogenated alkanes) is 1. The van der Waals surface area contributed by atoms with Gasteiger partial charge in [0, 0.05) is 143 Å². The minimum absolute atomic E-state index is 0.145. The van der Waals surface area contributed by atoms with E-state index in [2.05, 4.69) is 74.4 Å². The van der Waals surface area contributed by atoms with E-state index in [1.165, 1.54) is 23.5 Å². The van der Waals surface area contributed by atoms with Crippen LogP contribution in [0.15, 0.2) is 88.3 Å². The highest BCUT2D eigenvalue weighted by Crippen LogP contribution is 2.26. The molecule has 0 aliphatic rings. The summed E-state index contributed by atoms with van der Waals surface area (Å²) in [6.07, 6.45) is 8.96. The summed E-state index contributed by atoms with van der Waals surface area (Å²) in [6.45, 7) is 7.65. The first kappa shape index (κ1) is 75.9. The van der Waals surface area contributed by atoms with E-state index < -0.39 is 0 Å². The predicted molar refractivity (Wildman–Crippen MR) is 402 cm³/mol. The molecule has 16 N–H and O–H groups in total. The summed E-state index contributed by atoms with van der Waals surface area (Å²) in [7, 11) is 0. The maximum absolute atomic E-state index is 6.22. The van der Waals surface area contributed by atoms with E-state index in [9.17, 15) is 0 Å². The SMILES string of the molecule is CCCCc1nc(NCCCc2nc(NCCN)nc(NCCCc3nc(NCCCc4nc(NCCN)nc(NCCCc5nc(NCCCc6nc(N)nc(NCCN)n6)nc(SCc6ccc(Cl)cc6)n5)n4)nc(SCc4ccc(Cl)cc4)n3)n2)nc(SCc2ccc(Cl)cc2)n1. The minimum atomic E-state index is 0.145. The normalized spacial score (nSPS) is 11.2. The number of aryl methyl sites for hydroxylation is 6. The fraction of sp³-hybridized carbons (Fsp3) is 0.438. The number of nitrogens with zero attached hydrogens (tertiary/aromatic N) is 18. The van der Waals surface area contributed by atoms with Crippen molar-refractivity contribution in [3.63, 3.8) is 0 Å². The summed E-state index contributed by atoms with van der Waals surface area (Å²) >= 11 is 23.1. The van der Waals surface area contributed by atoms with Gasteiger partial charge in [0.25, 0.3) is 0 Å². The third kappa shape index (κ3) is 27.7. The molecule has 0 fully saturated rings. The quantitative estimate of drug-likeness (QED) is 0.0125. The Bertz CT molecular complexity index is 3930. The van der Waals surface area contributed by atoms with Crippen LogP contribution >= 0.6 is 70.1 Å². The van der Waals surface area contributed by atoms with Crippen LogP contribution in [0.25, 0.3) is 0 Å². The van der Waals surface area contributed by atoms with Crippen molar-refractivity contribution in [2.24, 2.45) is 17.2 Å². The largest absolute Gasteiger partial charge is 0.368 e. The van der Waals surface area contributed by atoms with Crippen LogP contribution in [0.2, 0.25) is 15.1 Å². The van der Waals surface area contributed by atoms with Crippen molar-refractivity contribution in [2.45, 2.75) is 123 Å². The van der Waals surface area contributed by atoms with Crippen molar-refractivity contribution in [1.29, 1.82) is 0 Å². The summed E-state index contributed by atoms with van der Waals surface area (Å²) in [5, 5.41) is 30.5. The van der Waals surface area contributed by atoms with Crippen LogP contribution < -0.4 is 65.5 Å².